The maximum absolute atomic E-state index is 5.54. The predicted octanol–water partition coefficient (Wildman–Crippen LogP) is 3.21. The Labute approximate surface area is 107 Å². The molecule has 1 atom stereocenters. The lowest BCUT2D eigenvalue weighted by molar-refractivity contribution is 0.822. The highest BCUT2D eigenvalue weighted by molar-refractivity contribution is 7.99. The number of hydrogen-bond donors (Lipinski definition) is 1. The molecule has 1 aromatic carbocycles. The van der Waals surface area contributed by atoms with E-state index in [1.165, 1.54) is 5.39 Å². The zero-order valence-electron chi connectivity index (χ0n) is 10.1. The SMILES string of the molecule is CC(CCN)SCc1ccc2ccccc2n1. The van der Waals surface area contributed by atoms with Crippen molar-refractivity contribution in [2.75, 3.05) is 6.54 Å². The number of benzene rings is 1. The summed E-state index contributed by atoms with van der Waals surface area (Å²) >= 11 is 1.92. The van der Waals surface area contributed by atoms with Crippen LogP contribution < -0.4 is 5.73 Å². The van der Waals surface area contributed by atoms with Crippen molar-refractivity contribution >= 4 is 22.7 Å². The van der Waals surface area contributed by atoms with E-state index in [-0.39, 0.29) is 0 Å². The van der Waals surface area contributed by atoms with E-state index in [0.717, 1.165) is 29.9 Å². The second-order valence-corrected chi connectivity index (χ2v) is 5.62. The van der Waals surface area contributed by atoms with E-state index >= 15 is 0 Å². The van der Waals surface area contributed by atoms with Crippen molar-refractivity contribution in [2.45, 2.75) is 24.3 Å². The number of nitrogens with two attached hydrogens (primary N) is 1. The van der Waals surface area contributed by atoms with Crippen molar-refractivity contribution in [3.63, 3.8) is 0 Å². The molecule has 2 N–H and O–H groups in total. The molecule has 2 aromatic rings. The summed E-state index contributed by atoms with van der Waals surface area (Å²) in [6, 6.07) is 12.5. The number of aromatic nitrogens is 1. The molecular weight excluding hydrogens is 228 g/mol. The van der Waals surface area contributed by atoms with Crippen molar-refractivity contribution in [3.05, 3.63) is 42.1 Å². The van der Waals surface area contributed by atoms with Gasteiger partial charge in [-0.05, 0) is 25.1 Å². The third kappa shape index (κ3) is 3.45. The Morgan fingerprint density at radius 1 is 1.24 bits per heavy atom. The van der Waals surface area contributed by atoms with E-state index in [1.807, 2.05) is 23.9 Å². The van der Waals surface area contributed by atoms with Crippen LogP contribution in [0.2, 0.25) is 0 Å². The minimum atomic E-state index is 0.605. The predicted molar refractivity (Wildman–Crippen MR) is 76.2 cm³/mol. The summed E-state index contributed by atoms with van der Waals surface area (Å²) < 4.78 is 0. The minimum Gasteiger partial charge on any atom is -0.330 e. The van der Waals surface area contributed by atoms with E-state index in [4.69, 9.17) is 5.73 Å². The Hall–Kier alpha value is -1.06. The summed E-state index contributed by atoms with van der Waals surface area (Å²) in [7, 11) is 0. The molecule has 0 saturated heterocycles. The highest BCUT2D eigenvalue weighted by atomic mass is 32.2. The minimum absolute atomic E-state index is 0.605. The van der Waals surface area contributed by atoms with Crippen molar-refractivity contribution in [3.8, 4) is 0 Å². The van der Waals surface area contributed by atoms with Crippen LogP contribution in [0.4, 0.5) is 0 Å². The van der Waals surface area contributed by atoms with E-state index in [0.29, 0.717) is 5.25 Å². The normalized spacial score (nSPS) is 12.8. The van der Waals surface area contributed by atoms with E-state index in [9.17, 15) is 0 Å². The molecule has 0 aliphatic rings. The average Bonchev–Trinajstić information content (AvgIpc) is 2.36. The van der Waals surface area contributed by atoms with Crippen LogP contribution in [0, 0.1) is 0 Å². The van der Waals surface area contributed by atoms with Crippen LogP contribution in [0.3, 0.4) is 0 Å². The van der Waals surface area contributed by atoms with Crippen LogP contribution in [-0.2, 0) is 5.75 Å². The summed E-state index contributed by atoms with van der Waals surface area (Å²) in [6.07, 6.45) is 1.07. The molecule has 0 amide bonds. The number of hydrogen-bond acceptors (Lipinski definition) is 3. The van der Waals surface area contributed by atoms with Gasteiger partial charge in [0.05, 0.1) is 11.2 Å². The van der Waals surface area contributed by atoms with Gasteiger partial charge in [0.1, 0.15) is 0 Å². The Morgan fingerprint density at radius 3 is 2.88 bits per heavy atom. The Morgan fingerprint density at radius 2 is 2.06 bits per heavy atom. The quantitative estimate of drug-likeness (QED) is 0.880. The van der Waals surface area contributed by atoms with Crippen molar-refractivity contribution in [1.82, 2.24) is 4.98 Å². The Balaban J connectivity index is 2.04. The molecule has 0 fully saturated rings. The first-order valence-electron chi connectivity index (χ1n) is 5.96. The molecule has 0 aliphatic heterocycles. The average molecular weight is 246 g/mol. The lowest BCUT2D eigenvalue weighted by atomic mass is 10.2. The van der Waals surface area contributed by atoms with Gasteiger partial charge in [-0.1, -0.05) is 31.2 Å². The molecule has 90 valence electrons. The molecule has 0 spiro atoms. The van der Waals surface area contributed by atoms with Gasteiger partial charge < -0.3 is 5.73 Å². The Bertz CT molecular complexity index is 484. The molecule has 1 unspecified atom stereocenters. The lowest BCUT2D eigenvalue weighted by Crippen LogP contribution is -2.07. The van der Waals surface area contributed by atoms with Gasteiger partial charge in [-0.15, -0.1) is 0 Å². The van der Waals surface area contributed by atoms with Crippen LogP contribution in [0.1, 0.15) is 19.0 Å². The van der Waals surface area contributed by atoms with Crippen LogP contribution in [0.25, 0.3) is 10.9 Å². The maximum atomic E-state index is 5.54. The first-order valence-corrected chi connectivity index (χ1v) is 7.01. The molecule has 0 bridgehead atoms. The number of nitrogens with zero attached hydrogens (tertiary/aromatic N) is 1. The van der Waals surface area contributed by atoms with Crippen LogP contribution >= 0.6 is 11.8 Å². The second kappa shape index (κ2) is 6.03. The smallest absolute Gasteiger partial charge is 0.0705 e. The topological polar surface area (TPSA) is 38.9 Å². The fourth-order valence-corrected chi connectivity index (χ4v) is 2.65. The molecule has 1 heterocycles. The second-order valence-electron chi connectivity index (χ2n) is 4.19. The standard InChI is InChI=1S/C14H18N2S/c1-11(8-9-15)17-10-13-7-6-12-4-2-3-5-14(12)16-13/h2-7,11H,8-10,15H2,1H3. The molecule has 0 saturated carbocycles. The summed E-state index contributed by atoms with van der Waals surface area (Å²) in [5.74, 6) is 0.964. The molecule has 17 heavy (non-hydrogen) atoms. The van der Waals surface area contributed by atoms with E-state index in [2.05, 4.69) is 36.2 Å². The molecular formula is C14H18N2S. The van der Waals surface area contributed by atoms with Crippen molar-refractivity contribution in [2.24, 2.45) is 5.73 Å². The maximum Gasteiger partial charge on any atom is 0.0705 e. The highest BCUT2D eigenvalue weighted by Crippen LogP contribution is 2.20. The van der Waals surface area contributed by atoms with Gasteiger partial charge in [0.25, 0.3) is 0 Å². The third-order valence-corrected chi connectivity index (χ3v) is 4.01. The van der Waals surface area contributed by atoms with Gasteiger partial charge in [-0.3, -0.25) is 4.98 Å². The fourth-order valence-electron chi connectivity index (χ4n) is 1.73. The number of thioether (sulfide) groups is 1. The van der Waals surface area contributed by atoms with Gasteiger partial charge in [0, 0.05) is 16.4 Å². The monoisotopic (exact) mass is 246 g/mol. The van der Waals surface area contributed by atoms with Crippen molar-refractivity contribution in [1.29, 1.82) is 0 Å². The lowest BCUT2D eigenvalue weighted by Gasteiger charge is -2.09. The zero-order chi connectivity index (χ0) is 12.1. The van der Waals surface area contributed by atoms with Crippen LogP contribution in [0.15, 0.2) is 36.4 Å². The number of fused-ring (bicyclic) bond motifs is 1. The van der Waals surface area contributed by atoms with E-state index in [1.54, 1.807) is 0 Å². The van der Waals surface area contributed by atoms with Crippen molar-refractivity contribution < 1.29 is 0 Å². The van der Waals surface area contributed by atoms with Gasteiger partial charge in [0.2, 0.25) is 0 Å². The molecule has 3 heteroatoms. The summed E-state index contributed by atoms with van der Waals surface area (Å²) in [5.41, 5.74) is 7.77. The number of pyridine rings is 1. The molecule has 0 radical (unpaired) electrons. The first kappa shape index (κ1) is 12.4. The van der Waals surface area contributed by atoms with Gasteiger partial charge in [-0.2, -0.15) is 11.8 Å². The molecule has 2 rings (SSSR count). The summed E-state index contributed by atoms with van der Waals surface area (Å²) in [5, 5.41) is 1.81. The first-order chi connectivity index (χ1) is 8.29. The Kier molecular flexibility index (Phi) is 4.40. The summed E-state index contributed by atoms with van der Waals surface area (Å²) in [6.45, 7) is 2.98. The molecule has 1 aromatic heterocycles. The largest absolute Gasteiger partial charge is 0.330 e. The van der Waals surface area contributed by atoms with E-state index < -0.39 is 0 Å². The molecule has 0 aliphatic carbocycles. The van der Waals surface area contributed by atoms with Gasteiger partial charge in [0.15, 0.2) is 0 Å². The molecule has 2 nitrogen and oxygen atoms in total. The fraction of sp³-hybridized carbons (Fsp3) is 0.357. The zero-order valence-corrected chi connectivity index (χ0v) is 10.9. The highest BCUT2D eigenvalue weighted by Gasteiger charge is 2.03. The van der Waals surface area contributed by atoms with Gasteiger partial charge in [-0.25, -0.2) is 0 Å². The number of para-hydroxylation sites is 1. The summed E-state index contributed by atoms with van der Waals surface area (Å²) in [4.78, 5) is 4.66. The van der Waals surface area contributed by atoms with Crippen LogP contribution in [0.5, 0.6) is 0 Å². The van der Waals surface area contributed by atoms with Gasteiger partial charge >= 0.3 is 0 Å². The third-order valence-electron chi connectivity index (χ3n) is 2.75. The van der Waals surface area contributed by atoms with Crippen LogP contribution in [-0.4, -0.2) is 16.8 Å². The number of rotatable bonds is 5.